The van der Waals surface area contributed by atoms with Crippen LogP contribution >= 0.6 is 0 Å². The van der Waals surface area contributed by atoms with Crippen molar-refractivity contribution in [1.82, 2.24) is 14.3 Å². The average molecular weight is 440 g/mol. The summed E-state index contributed by atoms with van der Waals surface area (Å²) in [5, 5.41) is 12.2. The van der Waals surface area contributed by atoms with Gasteiger partial charge in [-0.2, -0.15) is 4.31 Å². The fourth-order valence-electron chi connectivity index (χ4n) is 3.10. The molecule has 1 aliphatic rings. The van der Waals surface area contributed by atoms with Gasteiger partial charge < -0.3 is 15.2 Å². The summed E-state index contributed by atoms with van der Waals surface area (Å²) in [6.45, 7) is 1.35. The predicted octanol–water partition coefficient (Wildman–Crippen LogP) is 2.12. The van der Waals surface area contributed by atoms with Gasteiger partial charge in [-0.1, -0.05) is 12.1 Å². The van der Waals surface area contributed by atoms with Crippen molar-refractivity contribution >= 4 is 21.6 Å². The molecular formula is C21H20N4O5S. The molecule has 2 heterocycles. The normalized spacial score (nSPS) is 14.8. The number of nitrogens with zero attached hydrogens (tertiary/aromatic N) is 3. The zero-order chi connectivity index (χ0) is 21.8. The van der Waals surface area contributed by atoms with Crippen LogP contribution < -0.4 is 5.32 Å². The zero-order valence-electron chi connectivity index (χ0n) is 16.4. The van der Waals surface area contributed by atoms with Crippen LogP contribution in [-0.4, -0.2) is 60.0 Å². The van der Waals surface area contributed by atoms with Crippen molar-refractivity contribution in [1.29, 1.82) is 0 Å². The number of benzene rings is 2. The van der Waals surface area contributed by atoms with E-state index >= 15 is 0 Å². The van der Waals surface area contributed by atoms with E-state index in [4.69, 9.17) is 4.74 Å². The number of carbonyl (C=O) groups excluding carboxylic acids is 1. The molecule has 0 bridgehead atoms. The molecule has 31 heavy (non-hydrogen) atoms. The summed E-state index contributed by atoms with van der Waals surface area (Å²) in [6, 6.07) is 12.3. The van der Waals surface area contributed by atoms with Gasteiger partial charge in [0.2, 0.25) is 10.0 Å². The largest absolute Gasteiger partial charge is 0.508 e. The lowest BCUT2D eigenvalue weighted by atomic mass is 10.2. The minimum Gasteiger partial charge on any atom is -0.508 e. The quantitative estimate of drug-likeness (QED) is 0.623. The molecule has 4 rings (SSSR count). The summed E-state index contributed by atoms with van der Waals surface area (Å²) in [6.07, 6.45) is 2.92. The molecule has 2 aromatic carbocycles. The van der Waals surface area contributed by atoms with Crippen LogP contribution in [0.4, 0.5) is 5.69 Å². The van der Waals surface area contributed by atoms with Crippen LogP contribution in [0.3, 0.4) is 0 Å². The lowest BCUT2D eigenvalue weighted by Crippen LogP contribution is -2.40. The second kappa shape index (κ2) is 8.80. The molecule has 1 amide bonds. The van der Waals surface area contributed by atoms with Crippen LogP contribution in [0.2, 0.25) is 0 Å². The number of sulfonamides is 1. The van der Waals surface area contributed by atoms with E-state index < -0.39 is 15.9 Å². The van der Waals surface area contributed by atoms with Crippen molar-refractivity contribution in [2.45, 2.75) is 4.90 Å². The molecule has 3 aromatic rings. The number of phenolic OH excluding ortho intramolecular Hbond substituents is 1. The Morgan fingerprint density at radius 1 is 1.03 bits per heavy atom. The Morgan fingerprint density at radius 2 is 1.71 bits per heavy atom. The molecule has 0 unspecified atom stereocenters. The summed E-state index contributed by atoms with van der Waals surface area (Å²) < 4.78 is 31.9. The maximum Gasteiger partial charge on any atom is 0.255 e. The van der Waals surface area contributed by atoms with Gasteiger partial charge in [0.1, 0.15) is 5.75 Å². The van der Waals surface area contributed by atoms with Crippen LogP contribution in [0.1, 0.15) is 10.4 Å². The zero-order valence-corrected chi connectivity index (χ0v) is 17.2. The van der Waals surface area contributed by atoms with E-state index in [1.54, 1.807) is 24.3 Å². The maximum absolute atomic E-state index is 12.7. The highest BCUT2D eigenvalue weighted by molar-refractivity contribution is 7.89. The Balaban J connectivity index is 1.44. The van der Waals surface area contributed by atoms with Gasteiger partial charge in [-0.3, -0.25) is 4.79 Å². The lowest BCUT2D eigenvalue weighted by molar-refractivity contribution is 0.0730. The Bertz CT molecular complexity index is 1180. The molecular weight excluding hydrogens is 420 g/mol. The molecule has 2 N–H and O–H groups in total. The van der Waals surface area contributed by atoms with Gasteiger partial charge in [-0.25, -0.2) is 18.4 Å². The molecule has 1 fully saturated rings. The van der Waals surface area contributed by atoms with Gasteiger partial charge >= 0.3 is 0 Å². The van der Waals surface area contributed by atoms with Crippen molar-refractivity contribution in [3.63, 3.8) is 0 Å². The number of phenols is 1. The molecule has 0 atom stereocenters. The maximum atomic E-state index is 12.7. The number of hydrogen-bond donors (Lipinski definition) is 2. The highest BCUT2D eigenvalue weighted by atomic mass is 32.2. The predicted molar refractivity (Wildman–Crippen MR) is 113 cm³/mol. The molecule has 0 spiro atoms. The van der Waals surface area contributed by atoms with Crippen molar-refractivity contribution in [3.05, 3.63) is 66.5 Å². The standard InChI is InChI=1S/C21H20N4O5S/c26-18-3-1-2-16(12-18)20-22-13-17(14-23-20)24-21(27)15-4-6-19(7-5-15)31(28,29)25-8-10-30-11-9-25/h1-7,12-14,26H,8-11H2,(H,24,27). The minimum absolute atomic E-state index is 0.109. The molecule has 160 valence electrons. The molecule has 1 aromatic heterocycles. The number of aromatic nitrogens is 2. The van der Waals surface area contributed by atoms with Gasteiger partial charge in [0.25, 0.3) is 5.91 Å². The number of rotatable bonds is 5. The van der Waals surface area contributed by atoms with E-state index in [9.17, 15) is 18.3 Å². The first-order valence-electron chi connectivity index (χ1n) is 9.54. The first-order chi connectivity index (χ1) is 14.9. The first-order valence-corrected chi connectivity index (χ1v) is 11.0. The fraction of sp³-hybridized carbons (Fsp3) is 0.190. The van der Waals surface area contributed by atoms with Crippen LogP contribution in [0, 0.1) is 0 Å². The third kappa shape index (κ3) is 4.71. The first kappa shape index (κ1) is 20.9. The summed E-state index contributed by atoms with van der Waals surface area (Å²) in [5.41, 5.74) is 1.34. The number of anilines is 1. The molecule has 1 aliphatic heterocycles. The topological polar surface area (TPSA) is 122 Å². The third-order valence-corrected chi connectivity index (χ3v) is 6.65. The van der Waals surface area contributed by atoms with E-state index in [0.29, 0.717) is 48.9 Å². The minimum atomic E-state index is -3.61. The lowest BCUT2D eigenvalue weighted by Gasteiger charge is -2.26. The second-order valence-electron chi connectivity index (χ2n) is 6.84. The van der Waals surface area contributed by atoms with E-state index in [1.165, 1.54) is 41.0 Å². The van der Waals surface area contributed by atoms with E-state index in [-0.39, 0.29) is 10.6 Å². The molecule has 0 aliphatic carbocycles. The third-order valence-electron chi connectivity index (χ3n) is 4.74. The molecule has 0 saturated carbocycles. The van der Waals surface area contributed by atoms with Gasteiger partial charge in [0, 0.05) is 24.2 Å². The fourth-order valence-corrected chi connectivity index (χ4v) is 4.51. The number of hydrogen-bond acceptors (Lipinski definition) is 7. The van der Waals surface area contributed by atoms with Gasteiger partial charge in [-0.05, 0) is 36.4 Å². The molecule has 9 nitrogen and oxygen atoms in total. The van der Waals surface area contributed by atoms with E-state index in [1.807, 2.05) is 0 Å². The van der Waals surface area contributed by atoms with Crippen molar-refractivity contribution in [2.24, 2.45) is 0 Å². The summed E-state index contributed by atoms with van der Waals surface area (Å²) in [5.74, 6) is 0.105. The highest BCUT2D eigenvalue weighted by Gasteiger charge is 2.26. The van der Waals surface area contributed by atoms with Crippen molar-refractivity contribution in [3.8, 4) is 17.1 Å². The Morgan fingerprint density at radius 3 is 2.35 bits per heavy atom. The van der Waals surface area contributed by atoms with Crippen LogP contribution in [0.15, 0.2) is 65.8 Å². The number of amides is 1. The molecule has 0 radical (unpaired) electrons. The van der Waals surface area contributed by atoms with Crippen LogP contribution in [-0.2, 0) is 14.8 Å². The Hall–Kier alpha value is -3.34. The second-order valence-corrected chi connectivity index (χ2v) is 8.78. The van der Waals surface area contributed by atoms with E-state index in [0.717, 1.165) is 0 Å². The van der Waals surface area contributed by atoms with Crippen molar-refractivity contribution < 1.29 is 23.1 Å². The number of nitrogens with one attached hydrogen (secondary N) is 1. The number of carbonyl (C=O) groups is 1. The van der Waals surface area contributed by atoms with E-state index in [2.05, 4.69) is 15.3 Å². The summed E-state index contributed by atoms with van der Waals surface area (Å²) >= 11 is 0. The van der Waals surface area contributed by atoms with Crippen LogP contribution in [0.25, 0.3) is 11.4 Å². The number of morpholine rings is 1. The number of ether oxygens (including phenoxy) is 1. The number of aromatic hydroxyl groups is 1. The summed E-state index contributed by atoms with van der Waals surface area (Å²) in [7, 11) is -3.61. The molecule has 1 saturated heterocycles. The van der Waals surface area contributed by atoms with Gasteiger partial charge in [-0.15, -0.1) is 0 Å². The SMILES string of the molecule is O=C(Nc1cnc(-c2cccc(O)c2)nc1)c1ccc(S(=O)(=O)N2CCOCC2)cc1. The average Bonchev–Trinajstić information content (AvgIpc) is 2.80. The Kier molecular flexibility index (Phi) is 5.94. The Labute approximate surface area is 179 Å². The van der Waals surface area contributed by atoms with Gasteiger partial charge in [0.05, 0.1) is 36.2 Å². The summed E-state index contributed by atoms with van der Waals surface area (Å²) in [4.78, 5) is 21.0. The van der Waals surface area contributed by atoms with Gasteiger partial charge in [0.15, 0.2) is 5.82 Å². The highest BCUT2D eigenvalue weighted by Crippen LogP contribution is 2.21. The monoisotopic (exact) mass is 440 g/mol. The van der Waals surface area contributed by atoms with Crippen molar-refractivity contribution in [2.75, 3.05) is 31.6 Å². The van der Waals surface area contributed by atoms with Crippen LogP contribution in [0.5, 0.6) is 5.75 Å². The molecule has 10 heteroatoms. The smallest absolute Gasteiger partial charge is 0.255 e.